The number of ether oxygens (including phenoxy) is 1. The maximum atomic E-state index is 11.6. The van der Waals surface area contributed by atoms with Gasteiger partial charge in [0.15, 0.2) is 11.8 Å². The molecule has 0 aliphatic rings. The number of urea groups is 1. The molecule has 0 aromatic carbocycles. The van der Waals surface area contributed by atoms with Crippen molar-refractivity contribution in [3.63, 3.8) is 0 Å². The first-order valence-corrected chi connectivity index (χ1v) is 5.46. The Morgan fingerprint density at radius 2 is 1.95 bits per heavy atom. The van der Waals surface area contributed by atoms with E-state index in [0.29, 0.717) is 5.69 Å². The summed E-state index contributed by atoms with van der Waals surface area (Å²) in [7, 11) is 1.36. The zero-order valence-corrected chi connectivity index (χ0v) is 10.8. The van der Waals surface area contributed by atoms with Crippen molar-refractivity contribution in [3.8, 4) is 0 Å². The maximum absolute atomic E-state index is 11.6. The monoisotopic (exact) mass is 266 g/mol. The number of hydrogen-bond donors (Lipinski definition) is 2. The smallest absolute Gasteiger partial charge is 0.359 e. The highest BCUT2D eigenvalue weighted by Crippen LogP contribution is 2.01. The molecule has 8 nitrogen and oxygen atoms in total. The van der Waals surface area contributed by atoms with Crippen LogP contribution in [0.1, 0.15) is 23.1 Å². The molecule has 0 bridgehead atoms. The summed E-state index contributed by atoms with van der Waals surface area (Å²) in [6.45, 7) is 3.07. The molecule has 1 rings (SSSR count). The van der Waals surface area contributed by atoms with Gasteiger partial charge in [-0.3, -0.25) is 15.1 Å². The summed E-state index contributed by atoms with van der Waals surface area (Å²) in [5, 5.41) is 4.20. The second kappa shape index (κ2) is 6.43. The third-order valence-electron chi connectivity index (χ3n) is 2.11. The Bertz CT molecular complexity index is 486. The molecule has 0 saturated heterocycles. The highest BCUT2D eigenvalue weighted by atomic mass is 16.5. The zero-order valence-electron chi connectivity index (χ0n) is 10.8. The van der Waals surface area contributed by atoms with Crippen LogP contribution < -0.4 is 10.6 Å². The van der Waals surface area contributed by atoms with Gasteiger partial charge < -0.3 is 10.1 Å². The van der Waals surface area contributed by atoms with Crippen LogP contribution in [0.2, 0.25) is 0 Å². The zero-order chi connectivity index (χ0) is 14.4. The first-order valence-electron chi connectivity index (χ1n) is 5.46. The van der Waals surface area contributed by atoms with E-state index < -0.39 is 24.0 Å². The van der Waals surface area contributed by atoms with Crippen LogP contribution in [-0.4, -0.2) is 41.0 Å². The van der Waals surface area contributed by atoms with E-state index in [-0.39, 0.29) is 5.69 Å². The van der Waals surface area contributed by atoms with E-state index in [2.05, 4.69) is 15.3 Å². The van der Waals surface area contributed by atoms with Crippen molar-refractivity contribution in [1.29, 1.82) is 0 Å². The number of hydrogen-bond acceptors (Lipinski definition) is 6. The van der Waals surface area contributed by atoms with Crippen molar-refractivity contribution in [1.82, 2.24) is 20.6 Å². The first-order chi connectivity index (χ1) is 8.93. The van der Waals surface area contributed by atoms with Crippen molar-refractivity contribution < 1.29 is 19.1 Å². The van der Waals surface area contributed by atoms with E-state index in [0.717, 1.165) is 0 Å². The van der Waals surface area contributed by atoms with Crippen LogP contribution in [-0.2, 0) is 9.53 Å². The predicted octanol–water partition coefficient (Wildman–Crippen LogP) is -0.214. The maximum Gasteiger partial charge on any atom is 0.359 e. The van der Waals surface area contributed by atoms with E-state index in [4.69, 9.17) is 4.74 Å². The van der Waals surface area contributed by atoms with Crippen LogP contribution in [0.25, 0.3) is 0 Å². The standard InChI is InChI=1S/C11H14N4O4/c1-6-4-14-8(5-13-6)10(17)19-7(2)9(16)15-11(18)12-3/h4-5,7H,1-3H3,(H2,12,15,16,18). The molecule has 1 unspecified atom stereocenters. The Morgan fingerprint density at radius 3 is 2.47 bits per heavy atom. The molecule has 0 spiro atoms. The molecule has 19 heavy (non-hydrogen) atoms. The van der Waals surface area contributed by atoms with Gasteiger partial charge in [-0.15, -0.1) is 0 Å². The van der Waals surface area contributed by atoms with Crippen molar-refractivity contribution in [2.24, 2.45) is 0 Å². The fourth-order valence-corrected chi connectivity index (χ4v) is 1.05. The Labute approximate surface area is 109 Å². The molecule has 0 aliphatic heterocycles. The summed E-state index contributed by atoms with van der Waals surface area (Å²) >= 11 is 0. The number of esters is 1. The number of amides is 3. The summed E-state index contributed by atoms with van der Waals surface area (Å²) in [5.74, 6) is -1.51. The van der Waals surface area contributed by atoms with Crippen LogP contribution in [0.3, 0.4) is 0 Å². The third-order valence-corrected chi connectivity index (χ3v) is 2.11. The molecule has 1 atom stereocenters. The highest BCUT2D eigenvalue weighted by Gasteiger charge is 2.21. The van der Waals surface area contributed by atoms with Gasteiger partial charge in [0, 0.05) is 13.2 Å². The summed E-state index contributed by atoms with van der Waals surface area (Å²) in [5.41, 5.74) is 0.646. The SMILES string of the molecule is CNC(=O)NC(=O)C(C)OC(=O)c1cnc(C)cn1. The molecule has 0 fully saturated rings. The van der Waals surface area contributed by atoms with E-state index in [9.17, 15) is 14.4 Å². The number of carbonyl (C=O) groups is 3. The second-order valence-electron chi connectivity index (χ2n) is 3.66. The number of rotatable bonds is 3. The molecule has 2 N–H and O–H groups in total. The molecule has 3 amide bonds. The predicted molar refractivity (Wildman–Crippen MR) is 64.2 cm³/mol. The minimum absolute atomic E-state index is 0.00908. The van der Waals surface area contributed by atoms with Crippen LogP contribution in [0.5, 0.6) is 0 Å². The fourth-order valence-electron chi connectivity index (χ4n) is 1.05. The van der Waals surface area contributed by atoms with Gasteiger partial charge in [0.1, 0.15) is 0 Å². The number of aromatic nitrogens is 2. The largest absolute Gasteiger partial charge is 0.448 e. The van der Waals surface area contributed by atoms with Gasteiger partial charge in [0.05, 0.1) is 11.9 Å². The summed E-state index contributed by atoms with van der Waals surface area (Å²) < 4.78 is 4.85. The Balaban J connectivity index is 2.59. The minimum atomic E-state index is -1.12. The molecule has 1 aromatic rings. The average Bonchev–Trinajstić information content (AvgIpc) is 2.38. The fraction of sp³-hybridized carbons (Fsp3) is 0.364. The number of aryl methyl sites for hydroxylation is 1. The number of carbonyl (C=O) groups excluding carboxylic acids is 3. The van der Waals surface area contributed by atoms with Gasteiger partial charge >= 0.3 is 12.0 Å². The van der Waals surface area contributed by atoms with Crippen molar-refractivity contribution in [2.45, 2.75) is 20.0 Å². The van der Waals surface area contributed by atoms with Crippen LogP contribution >= 0.6 is 0 Å². The van der Waals surface area contributed by atoms with Gasteiger partial charge in [0.25, 0.3) is 5.91 Å². The van der Waals surface area contributed by atoms with Gasteiger partial charge in [0.2, 0.25) is 0 Å². The molecule has 8 heteroatoms. The number of nitrogens with zero attached hydrogens (tertiary/aromatic N) is 2. The van der Waals surface area contributed by atoms with Gasteiger partial charge in [-0.2, -0.15) is 0 Å². The Hall–Kier alpha value is -2.51. The lowest BCUT2D eigenvalue weighted by molar-refractivity contribution is -0.127. The van der Waals surface area contributed by atoms with Crippen LogP contribution in [0, 0.1) is 6.92 Å². The first kappa shape index (κ1) is 14.6. The average molecular weight is 266 g/mol. The van der Waals surface area contributed by atoms with E-state index in [1.807, 2.05) is 5.32 Å². The lowest BCUT2D eigenvalue weighted by Crippen LogP contribution is -2.43. The molecule has 1 heterocycles. The minimum Gasteiger partial charge on any atom is -0.448 e. The summed E-state index contributed by atoms with van der Waals surface area (Å²) in [4.78, 5) is 41.7. The molecule has 0 aliphatic carbocycles. The quantitative estimate of drug-likeness (QED) is 0.732. The summed E-state index contributed by atoms with van der Waals surface area (Å²) in [6.07, 6.45) is 1.54. The highest BCUT2D eigenvalue weighted by molar-refractivity contribution is 5.98. The van der Waals surface area contributed by atoms with Crippen molar-refractivity contribution in [3.05, 3.63) is 23.8 Å². The van der Waals surface area contributed by atoms with Crippen LogP contribution in [0.15, 0.2) is 12.4 Å². The van der Waals surface area contributed by atoms with E-state index >= 15 is 0 Å². The van der Waals surface area contributed by atoms with Crippen molar-refractivity contribution >= 4 is 17.9 Å². The van der Waals surface area contributed by atoms with E-state index in [1.165, 1.54) is 26.4 Å². The van der Waals surface area contributed by atoms with Gasteiger partial charge in [-0.05, 0) is 13.8 Å². The molecular weight excluding hydrogens is 252 g/mol. The van der Waals surface area contributed by atoms with Crippen molar-refractivity contribution in [2.75, 3.05) is 7.05 Å². The third kappa shape index (κ3) is 4.34. The number of imide groups is 1. The van der Waals surface area contributed by atoms with Crippen LogP contribution in [0.4, 0.5) is 4.79 Å². The van der Waals surface area contributed by atoms with E-state index in [1.54, 1.807) is 6.92 Å². The molecule has 1 aromatic heterocycles. The molecule has 102 valence electrons. The molecule has 0 radical (unpaired) electrons. The van der Waals surface area contributed by atoms with Gasteiger partial charge in [-0.25, -0.2) is 14.6 Å². The summed E-state index contributed by atoms with van der Waals surface area (Å²) in [6, 6.07) is -0.678. The topological polar surface area (TPSA) is 110 Å². The molecule has 0 saturated carbocycles. The Morgan fingerprint density at radius 1 is 1.26 bits per heavy atom. The Kier molecular flexibility index (Phi) is 4.92. The number of nitrogens with one attached hydrogen (secondary N) is 2. The van der Waals surface area contributed by atoms with Gasteiger partial charge in [-0.1, -0.05) is 0 Å². The lowest BCUT2D eigenvalue weighted by Gasteiger charge is -2.12. The normalized spacial score (nSPS) is 11.3. The lowest BCUT2D eigenvalue weighted by atomic mass is 10.3. The second-order valence-corrected chi connectivity index (χ2v) is 3.66. The molecular formula is C11H14N4O4.